The molecule has 0 radical (unpaired) electrons. The molecule has 1 unspecified atom stereocenters. The molecule has 0 spiro atoms. The molecule has 0 fully saturated rings. The van der Waals surface area contributed by atoms with Gasteiger partial charge in [-0.25, -0.2) is 13.8 Å². The molecule has 11 heteroatoms. The van der Waals surface area contributed by atoms with Gasteiger partial charge in [0.05, 0.1) is 0 Å². The van der Waals surface area contributed by atoms with Gasteiger partial charge < -0.3 is 5.11 Å². The van der Waals surface area contributed by atoms with E-state index < -0.39 is 28.4 Å². The van der Waals surface area contributed by atoms with E-state index in [2.05, 4.69) is 15.2 Å². The van der Waals surface area contributed by atoms with Gasteiger partial charge >= 0.3 is 11.7 Å². The topological polar surface area (TPSA) is 61.8 Å². The number of nitrogens with zero attached hydrogens (tertiary/aromatic N) is 2. The molecule has 150 valence electrons. The van der Waals surface area contributed by atoms with Crippen molar-refractivity contribution < 1.29 is 22.7 Å². The Kier molecular flexibility index (Phi) is 6.72. The van der Waals surface area contributed by atoms with E-state index in [0.29, 0.717) is 5.02 Å². The minimum Gasteiger partial charge on any atom is -0.384 e. The van der Waals surface area contributed by atoms with E-state index in [1.165, 1.54) is 38.4 Å². The average molecular weight is 446 g/mol. The lowest BCUT2D eigenvalue weighted by atomic mass is 9.70. The lowest BCUT2D eigenvalue weighted by Crippen LogP contribution is -2.47. The molecule has 0 aliphatic heterocycles. The Labute approximate surface area is 167 Å². The van der Waals surface area contributed by atoms with Crippen LogP contribution in [-0.2, 0) is 12.0 Å². The number of nitrogens with one attached hydrogen (secondary N) is 1. The summed E-state index contributed by atoms with van der Waals surface area (Å²) >= 11 is 11.9. The van der Waals surface area contributed by atoms with Crippen molar-refractivity contribution in [3.63, 3.8) is 0 Å². The molecule has 2 aromatic rings. The van der Waals surface area contributed by atoms with E-state index in [1.807, 2.05) is 0 Å². The maximum Gasteiger partial charge on any atom is 0.353 e. The zero-order valence-electron chi connectivity index (χ0n) is 14.3. The number of halogens is 6. The van der Waals surface area contributed by atoms with Crippen LogP contribution in [0.25, 0.3) is 0 Å². The van der Waals surface area contributed by atoms with Gasteiger partial charge in [-0.2, -0.15) is 13.9 Å². The van der Waals surface area contributed by atoms with Gasteiger partial charge in [0.1, 0.15) is 17.8 Å². The highest BCUT2D eigenvalue weighted by Gasteiger charge is 2.50. The van der Waals surface area contributed by atoms with Gasteiger partial charge in [0.15, 0.2) is 0 Å². The van der Waals surface area contributed by atoms with E-state index in [0.717, 1.165) is 0 Å². The Morgan fingerprint density at radius 2 is 1.93 bits per heavy atom. The molecule has 4 nitrogen and oxygen atoms in total. The number of rotatable bonds is 8. The summed E-state index contributed by atoms with van der Waals surface area (Å²) < 4.78 is 51.9. The van der Waals surface area contributed by atoms with Gasteiger partial charge in [-0.1, -0.05) is 54.9 Å². The first-order valence-electron chi connectivity index (χ1n) is 7.71. The van der Waals surface area contributed by atoms with Crippen LogP contribution in [0.1, 0.15) is 25.2 Å². The average Bonchev–Trinajstić information content (AvgIpc) is 3.05. The normalized spacial score (nSPS) is 15.2. The number of hydrogen-bond donors (Lipinski definition) is 2. The molecule has 0 aliphatic rings. The van der Waals surface area contributed by atoms with Crippen LogP contribution in [0.2, 0.25) is 10.0 Å². The quantitative estimate of drug-likeness (QED) is 0.550. The molecule has 0 saturated heterocycles. The Morgan fingerprint density at radius 1 is 1.26 bits per heavy atom. The molecular formula is C16H17Cl2F4N3OS. The second-order valence-electron chi connectivity index (χ2n) is 6.63. The fourth-order valence-electron chi connectivity index (χ4n) is 2.54. The number of hydrogen-bond acceptors (Lipinski definition) is 4. The zero-order chi connectivity index (χ0) is 20.5. The highest BCUT2D eigenvalue weighted by atomic mass is 35.5. The van der Waals surface area contributed by atoms with E-state index in [9.17, 15) is 22.7 Å². The van der Waals surface area contributed by atoms with Crippen LogP contribution < -0.4 is 0 Å². The van der Waals surface area contributed by atoms with E-state index >= 15 is 0 Å². The maximum atomic E-state index is 13.4. The maximum absolute atomic E-state index is 13.4. The molecule has 2 rings (SSSR count). The van der Waals surface area contributed by atoms with Crippen molar-refractivity contribution in [3.05, 3.63) is 46.0 Å². The van der Waals surface area contributed by atoms with Gasteiger partial charge in [-0.05, 0) is 12.1 Å². The second-order valence-corrected chi connectivity index (χ2v) is 8.59. The van der Waals surface area contributed by atoms with Crippen LogP contribution in [-0.4, -0.2) is 37.7 Å². The molecule has 2 N–H and O–H groups in total. The minimum atomic E-state index is -4.24. The number of aromatic amines is 1. The van der Waals surface area contributed by atoms with Gasteiger partial charge in [-0.15, -0.1) is 0 Å². The summed E-state index contributed by atoms with van der Waals surface area (Å²) in [6.45, 7) is 2.98. The summed E-state index contributed by atoms with van der Waals surface area (Å²) in [6.07, 6.45) is -2.74. The van der Waals surface area contributed by atoms with Crippen LogP contribution in [0, 0.1) is 5.41 Å². The molecule has 27 heavy (non-hydrogen) atoms. The SMILES string of the molecule is CC(C)(CSC(F)(F)C(F)F)C(O)(Cc1ncn[nH]1)c1ccc(Cl)cc1Cl. The van der Waals surface area contributed by atoms with Gasteiger partial charge in [0.2, 0.25) is 0 Å². The Hall–Kier alpha value is -1.03. The fraction of sp³-hybridized carbons (Fsp3) is 0.500. The van der Waals surface area contributed by atoms with Gasteiger partial charge in [0, 0.05) is 33.2 Å². The number of aliphatic hydroxyl groups is 1. The summed E-state index contributed by atoms with van der Waals surface area (Å²) in [7, 11) is 0. The van der Waals surface area contributed by atoms with Crippen LogP contribution in [0.15, 0.2) is 24.5 Å². The third-order valence-corrected chi connectivity index (χ3v) is 6.24. The molecular weight excluding hydrogens is 429 g/mol. The van der Waals surface area contributed by atoms with Crippen LogP contribution in [0.5, 0.6) is 0 Å². The van der Waals surface area contributed by atoms with Crippen molar-refractivity contribution in [2.45, 2.75) is 37.5 Å². The molecule has 1 heterocycles. The number of thioether (sulfide) groups is 1. The predicted molar refractivity (Wildman–Crippen MR) is 97.6 cm³/mol. The van der Waals surface area contributed by atoms with Crippen molar-refractivity contribution in [2.75, 3.05) is 5.75 Å². The first kappa shape index (κ1) is 22.3. The molecule has 0 amide bonds. The lowest BCUT2D eigenvalue weighted by Gasteiger charge is -2.43. The number of H-pyrrole nitrogens is 1. The molecule has 1 aromatic heterocycles. The number of benzene rings is 1. The largest absolute Gasteiger partial charge is 0.384 e. The summed E-state index contributed by atoms with van der Waals surface area (Å²) in [5.41, 5.74) is -2.91. The first-order chi connectivity index (χ1) is 12.4. The van der Waals surface area contributed by atoms with Crippen molar-refractivity contribution in [1.29, 1.82) is 0 Å². The third kappa shape index (κ3) is 4.88. The molecule has 0 bridgehead atoms. The highest BCUT2D eigenvalue weighted by molar-refractivity contribution is 8.00. The second kappa shape index (κ2) is 8.14. The predicted octanol–water partition coefficient (Wildman–Crippen LogP) is 5.16. The van der Waals surface area contributed by atoms with Gasteiger partial charge in [0.25, 0.3) is 0 Å². The number of aromatic nitrogens is 3. The van der Waals surface area contributed by atoms with E-state index in [4.69, 9.17) is 23.2 Å². The lowest BCUT2D eigenvalue weighted by molar-refractivity contribution is -0.0689. The standard InChI is InChI=1S/C16H17Cl2F4N3OS/c1-14(2,7-27-16(21,22)13(19)20)15(26,6-12-23-8-24-25-12)10-4-3-9(17)5-11(10)18/h3-5,8,13,26H,6-7H2,1-2H3,(H,23,24,25). The third-order valence-electron chi connectivity index (χ3n) is 4.26. The smallest absolute Gasteiger partial charge is 0.353 e. The minimum absolute atomic E-state index is 0.114. The summed E-state index contributed by atoms with van der Waals surface area (Å²) in [5.74, 6) is -0.198. The van der Waals surface area contributed by atoms with E-state index in [-0.39, 0.29) is 34.6 Å². The van der Waals surface area contributed by atoms with Crippen LogP contribution in [0.4, 0.5) is 17.6 Å². The van der Waals surface area contributed by atoms with Crippen molar-refractivity contribution >= 4 is 35.0 Å². The highest BCUT2D eigenvalue weighted by Crippen LogP contribution is 2.49. The van der Waals surface area contributed by atoms with Crippen molar-refractivity contribution in [3.8, 4) is 0 Å². The molecule has 0 aliphatic carbocycles. The summed E-state index contributed by atoms with van der Waals surface area (Å²) in [6, 6.07) is 4.37. The molecule has 1 aromatic carbocycles. The summed E-state index contributed by atoms with van der Waals surface area (Å²) in [5, 5.41) is 14.0. The Balaban J connectivity index is 2.44. The molecule has 0 saturated carbocycles. The Bertz CT molecular complexity index is 777. The van der Waals surface area contributed by atoms with E-state index in [1.54, 1.807) is 0 Å². The Morgan fingerprint density at radius 3 is 2.44 bits per heavy atom. The van der Waals surface area contributed by atoms with Crippen LogP contribution in [0.3, 0.4) is 0 Å². The van der Waals surface area contributed by atoms with Crippen molar-refractivity contribution in [1.82, 2.24) is 15.2 Å². The first-order valence-corrected chi connectivity index (χ1v) is 9.45. The monoisotopic (exact) mass is 445 g/mol. The summed E-state index contributed by atoms with van der Waals surface area (Å²) in [4.78, 5) is 3.95. The zero-order valence-corrected chi connectivity index (χ0v) is 16.6. The number of alkyl halides is 4. The van der Waals surface area contributed by atoms with Gasteiger partial charge in [-0.3, -0.25) is 5.10 Å². The van der Waals surface area contributed by atoms with Crippen molar-refractivity contribution in [2.24, 2.45) is 5.41 Å². The fourth-order valence-corrected chi connectivity index (χ4v) is 4.02. The molecule has 1 atom stereocenters. The van der Waals surface area contributed by atoms with Crippen LogP contribution >= 0.6 is 35.0 Å².